The second-order valence-electron chi connectivity index (χ2n) is 5.18. The molecular weight excluding hydrogens is 232 g/mol. The summed E-state index contributed by atoms with van der Waals surface area (Å²) in [6.07, 6.45) is 4.77. The van der Waals surface area contributed by atoms with Gasteiger partial charge in [0.1, 0.15) is 0 Å². The van der Waals surface area contributed by atoms with Crippen molar-refractivity contribution in [2.45, 2.75) is 50.6 Å². The van der Waals surface area contributed by atoms with Crippen LogP contribution < -0.4 is 11.1 Å². The summed E-state index contributed by atoms with van der Waals surface area (Å²) in [4.78, 5) is 11.5. The van der Waals surface area contributed by atoms with Gasteiger partial charge in [-0.1, -0.05) is 0 Å². The van der Waals surface area contributed by atoms with Crippen LogP contribution in [0, 0.1) is 0 Å². The van der Waals surface area contributed by atoms with Gasteiger partial charge in [0.15, 0.2) is 0 Å². The number of ether oxygens (including phenoxy) is 2. The SMILES string of the molecule is COCCCOCCCC(C)(NC1CC1)C(N)=O. The Kier molecular flexibility index (Phi) is 6.60. The lowest BCUT2D eigenvalue weighted by Gasteiger charge is -2.27. The van der Waals surface area contributed by atoms with Gasteiger partial charge in [0.2, 0.25) is 5.91 Å². The Morgan fingerprint density at radius 3 is 2.56 bits per heavy atom. The lowest BCUT2D eigenvalue weighted by Crippen LogP contribution is -2.54. The van der Waals surface area contributed by atoms with E-state index in [9.17, 15) is 4.79 Å². The lowest BCUT2D eigenvalue weighted by atomic mass is 9.95. The van der Waals surface area contributed by atoms with Crippen LogP contribution in [0.15, 0.2) is 0 Å². The van der Waals surface area contributed by atoms with Gasteiger partial charge in [0, 0.05) is 33.0 Å². The van der Waals surface area contributed by atoms with Crippen molar-refractivity contribution in [3.63, 3.8) is 0 Å². The summed E-state index contributed by atoms with van der Waals surface area (Å²) in [6, 6.07) is 0.477. The van der Waals surface area contributed by atoms with E-state index in [2.05, 4.69) is 5.32 Å². The van der Waals surface area contributed by atoms with Crippen LogP contribution in [-0.2, 0) is 14.3 Å². The van der Waals surface area contributed by atoms with Gasteiger partial charge in [-0.15, -0.1) is 0 Å². The van der Waals surface area contributed by atoms with E-state index in [4.69, 9.17) is 15.2 Å². The third-order valence-corrected chi connectivity index (χ3v) is 3.25. The predicted octanol–water partition coefficient (Wildman–Crippen LogP) is 0.816. The molecular formula is C13H26N2O3. The number of nitrogens with one attached hydrogen (secondary N) is 1. The maximum atomic E-state index is 11.5. The number of methoxy groups -OCH3 is 1. The molecule has 0 heterocycles. The van der Waals surface area contributed by atoms with Gasteiger partial charge in [-0.25, -0.2) is 0 Å². The van der Waals surface area contributed by atoms with Crippen LogP contribution in [0.1, 0.15) is 39.0 Å². The second-order valence-corrected chi connectivity index (χ2v) is 5.18. The highest BCUT2D eigenvalue weighted by atomic mass is 16.5. The molecule has 1 atom stereocenters. The molecule has 0 radical (unpaired) electrons. The highest BCUT2D eigenvalue weighted by Crippen LogP contribution is 2.24. The van der Waals surface area contributed by atoms with E-state index in [1.807, 2.05) is 6.92 Å². The van der Waals surface area contributed by atoms with Gasteiger partial charge in [-0.3, -0.25) is 4.79 Å². The van der Waals surface area contributed by atoms with E-state index in [-0.39, 0.29) is 5.91 Å². The van der Waals surface area contributed by atoms with Crippen molar-refractivity contribution in [2.75, 3.05) is 26.9 Å². The van der Waals surface area contributed by atoms with Crippen molar-refractivity contribution in [3.8, 4) is 0 Å². The maximum Gasteiger partial charge on any atom is 0.237 e. The molecule has 1 aliphatic rings. The van der Waals surface area contributed by atoms with Gasteiger partial charge < -0.3 is 20.5 Å². The zero-order valence-electron chi connectivity index (χ0n) is 11.5. The largest absolute Gasteiger partial charge is 0.385 e. The third kappa shape index (κ3) is 5.80. The zero-order chi connectivity index (χ0) is 13.4. The molecule has 0 aromatic rings. The average Bonchev–Trinajstić information content (AvgIpc) is 3.11. The molecule has 0 saturated heterocycles. The molecule has 1 unspecified atom stereocenters. The molecule has 1 aliphatic carbocycles. The lowest BCUT2D eigenvalue weighted by molar-refractivity contribution is -0.124. The van der Waals surface area contributed by atoms with E-state index < -0.39 is 5.54 Å². The normalized spacial score (nSPS) is 18.6. The summed E-state index contributed by atoms with van der Waals surface area (Å²) < 4.78 is 10.4. The van der Waals surface area contributed by atoms with Gasteiger partial charge in [0.25, 0.3) is 0 Å². The average molecular weight is 258 g/mol. The van der Waals surface area contributed by atoms with Crippen molar-refractivity contribution >= 4 is 5.91 Å². The molecule has 3 N–H and O–H groups in total. The first-order chi connectivity index (χ1) is 8.58. The van der Waals surface area contributed by atoms with Crippen LogP contribution in [0.25, 0.3) is 0 Å². The molecule has 106 valence electrons. The fourth-order valence-corrected chi connectivity index (χ4v) is 1.88. The summed E-state index contributed by atoms with van der Waals surface area (Å²) >= 11 is 0. The zero-order valence-corrected chi connectivity index (χ0v) is 11.5. The van der Waals surface area contributed by atoms with E-state index in [1.54, 1.807) is 7.11 Å². The summed E-state index contributed by atoms with van der Waals surface area (Å²) in [5, 5.41) is 3.33. The summed E-state index contributed by atoms with van der Waals surface area (Å²) in [5.74, 6) is -0.270. The van der Waals surface area contributed by atoms with Gasteiger partial charge >= 0.3 is 0 Å². The van der Waals surface area contributed by atoms with E-state index in [1.165, 1.54) is 0 Å². The van der Waals surface area contributed by atoms with Gasteiger partial charge in [-0.05, 0) is 39.0 Å². The minimum Gasteiger partial charge on any atom is -0.385 e. The molecule has 1 rings (SSSR count). The first-order valence-corrected chi connectivity index (χ1v) is 6.73. The fourth-order valence-electron chi connectivity index (χ4n) is 1.88. The number of hydrogen-bond acceptors (Lipinski definition) is 4. The smallest absolute Gasteiger partial charge is 0.237 e. The van der Waals surface area contributed by atoms with Crippen LogP contribution in [0.3, 0.4) is 0 Å². The number of carbonyl (C=O) groups excluding carboxylic acids is 1. The molecule has 0 aromatic heterocycles. The van der Waals surface area contributed by atoms with Crippen molar-refractivity contribution in [1.29, 1.82) is 0 Å². The van der Waals surface area contributed by atoms with Gasteiger partial charge in [-0.2, -0.15) is 0 Å². The summed E-state index contributed by atoms with van der Waals surface area (Å²) in [7, 11) is 1.68. The molecule has 0 bridgehead atoms. The Hall–Kier alpha value is -0.650. The first-order valence-electron chi connectivity index (χ1n) is 6.73. The molecule has 1 saturated carbocycles. The van der Waals surface area contributed by atoms with Crippen LogP contribution in [-0.4, -0.2) is 44.4 Å². The molecule has 5 heteroatoms. The molecule has 1 fully saturated rings. The molecule has 0 aliphatic heterocycles. The van der Waals surface area contributed by atoms with Crippen LogP contribution in [0.5, 0.6) is 0 Å². The van der Waals surface area contributed by atoms with Crippen molar-refractivity contribution in [2.24, 2.45) is 5.73 Å². The number of carbonyl (C=O) groups is 1. The maximum absolute atomic E-state index is 11.5. The van der Waals surface area contributed by atoms with E-state index in [0.717, 1.165) is 38.7 Å². The van der Waals surface area contributed by atoms with Crippen LogP contribution in [0.2, 0.25) is 0 Å². The number of nitrogens with two attached hydrogens (primary N) is 1. The Morgan fingerprint density at radius 1 is 1.33 bits per heavy atom. The highest BCUT2D eigenvalue weighted by molar-refractivity contribution is 5.84. The summed E-state index contributed by atoms with van der Waals surface area (Å²) in [5.41, 5.74) is 4.88. The fraction of sp³-hybridized carbons (Fsp3) is 0.923. The minimum absolute atomic E-state index is 0.270. The number of rotatable bonds is 11. The minimum atomic E-state index is -0.586. The monoisotopic (exact) mass is 258 g/mol. The number of primary amides is 1. The Bertz CT molecular complexity index is 257. The van der Waals surface area contributed by atoms with Crippen molar-refractivity contribution in [3.05, 3.63) is 0 Å². The first kappa shape index (κ1) is 15.4. The quantitative estimate of drug-likeness (QED) is 0.538. The van der Waals surface area contributed by atoms with Crippen molar-refractivity contribution in [1.82, 2.24) is 5.32 Å². The molecule has 0 spiro atoms. The Balaban J connectivity index is 2.11. The highest BCUT2D eigenvalue weighted by Gasteiger charge is 2.36. The number of amides is 1. The van der Waals surface area contributed by atoms with Crippen LogP contribution >= 0.6 is 0 Å². The van der Waals surface area contributed by atoms with Crippen molar-refractivity contribution < 1.29 is 14.3 Å². The standard InChI is InChI=1S/C13H26N2O3/c1-13(12(14)16,15-11-5-6-11)7-3-9-18-10-4-8-17-2/h11,15H,3-10H2,1-2H3,(H2,14,16). The molecule has 1 amide bonds. The summed E-state index contributed by atoms with van der Waals surface area (Å²) in [6.45, 7) is 3.98. The molecule has 5 nitrogen and oxygen atoms in total. The van der Waals surface area contributed by atoms with Crippen LogP contribution in [0.4, 0.5) is 0 Å². The van der Waals surface area contributed by atoms with Gasteiger partial charge in [0.05, 0.1) is 5.54 Å². The predicted molar refractivity (Wildman–Crippen MR) is 70.3 cm³/mol. The Morgan fingerprint density at radius 2 is 2.00 bits per heavy atom. The Labute approximate surface area is 109 Å². The van der Waals surface area contributed by atoms with E-state index >= 15 is 0 Å². The third-order valence-electron chi connectivity index (χ3n) is 3.25. The molecule has 18 heavy (non-hydrogen) atoms. The molecule has 0 aromatic carbocycles. The number of hydrogen-bond donors (Lipinski definition) is 2. The topological polar surface area (TPSA) is 73.6 Å². The second kappa shape index (κ2) is 7.71. The van der Waals surface area contributed by atoms with E-state index in [0.29, 0.717) is 19.3 Å².